The Labute approximate surface area is 82.8 Å². The van der Waals surface area contributed by atoms with E-state index in [0.29, 0.717) is 0 Å². The van der Waals surface area contributed by atoms with Crippen LogP contribution in [0.25, 0.3) is 0 Å². The number of halogens is 2. The molecule has 0 atom stereocenters. The minimum absolute atomic E-state index is 0. The normalized spacial score (nSPS) is 5.18. The van der Waals surface area contributed by atoms with Gasteiger partial charge in [-0.05, 0) is 0 Å². The SMILES string of the molecule is CS(C)=O.O.O.O.O.[Cl][Fe][Cl]. The van der Waals surface area contributed by atoms with E-state index < -0.39 is 10.8 Å². The van der Waals surface area contributed by atoms with Crippen molar-refractivity contribution < 1.29 is 39.2 Å². The van der Waals surface area contributed by atoms with Gasteiger partial charge >= 0.3 is 33.3 Å². The number of rotatable bonds is 0. The zero-order valence-electron chi connectivity index (χ0n) is 5.93. The van der Waals surface area contributed by atoms with E-state index >= 15 is 0 Å². The second-order valence-electron chi connectivity index (χ2n) is 0.792. The van der Waals surface area contributed by atoms with Crippen molar-refractivity contribution in [3.63, 3.8) is 0 Å². The summed E-state index contributed by atoms with van der Waals surface area (Å²) < 4.78 is 9.56. The van der Waals surface area contributed by atoms with E-state index in [2.05, 4.69) is 0 Å². The molecule has 0 unspecified atom stereocenters. The maximum atomic E-state index is 9.56. The van der Waals surface area contributed by atoms with Gasteiger partial charge in [-0.1, -0.05) is 0 Å². The fourth-order valence-corrected chi connectivity index (χ4v) is 0. The Bertz CT molecular complexity index is 53.7. The molecule has 0 amide bonds. The Balaban J connectivity index is -0.00000000848. The van der Waals surface area contributed by atoms with E-state index in [1.165, 1.54) is 0 Å². The van der Waals surface area contributed by atoms with Crippen LogP contribution in [0.15, 0.2) is 0 Å². The fraction of sp³-hybridized carbons (Fsp3) is 1.00. The van der Waals surface area contributed by atoms with Gasteiger partial charge in [-0.3, -0.25) is 4.21 Å². The molecular formula is C2H14Cl2FeO5S. The molecule has 9 heteroatoms. The van der Waals surface area contributed by atoms with Gasteiger partial charge in [0.15, 0.2) is 0 Å². The van der Waals surface area contributed by atoms with Gasteiger partial charge < -0.3 is 21.9 Å². The van der Waals surface area contributed by atoms with Crippen LogP contribution in [0.5, 0.6) is 0 Å². The molecule has 0 radical (unpaired) electrons. The van der Waals surface area contributed by atoms with Crippen molar-refractivity contribution in [1.29, 1.82) is 0 Å². The van der Waals surface area contributed by atoms with Gasteiger partial charge in [0.05, 0.1) is 0 Å². The van der Waals surface area contributed by atoms with Crippen LogP contribution in [-0.4, -0.2) is 38.6 Å². The molecule has 0 aliphatic heterocycles. The van der Waals surface area contributed by atoms with Crippen LogP contribution >= 0.6 is 20.2 Å². The van der Waals surface area contributed by atoms with E-state index in [-0.39, 0.29) is 35.0 Å². The quantitative estimate of drug-likeness (QED) is 0.467. The van der Waals surface area contributed by atoms with Crippen molar-refractivity contribution in [2.24, 2.45) is 0 Å². The van der Waals surface area contributed by atoms with E-state index in [1.807, 2.05) is 0 Å². The first kappa shape index (κ1) is 40.1. The van der Waals surface area contributed by atoms with Crippen molar-refractivity contribution >= 4 is 31.0 Å². The van der Waals surface area contributed by atoms with Gasteiger partial charge in [-0.25, -0.2) is 0 Å². The van der Waals surface area contributed by atoms with Gasteiger partial charge in [-0.2, -0.15) is 0 Å². The molecule has 5 nitrogen and oxygen atoms in total. The molecule has 0 spiro atoms. The Morgan fingerprint density at radius 1 is 1.00 bits per heavy atom. The van der Waals surface area contributed by atoms with Crippen LogP contribution in [0, 0.1) is 0 Å². The molecule has 80 valence electrons. The van der Waals surface area contributed by atoms with Gasteiger partial charge in [0.25, 0.3) is 0 Å². The molecular weight excluding hydrogens is 263 g/mol. The second kappa shape index (κ2) is 43.6. The Morgan fingerprint density at radius 2 is 1.00 bits per heavy atom. The molecule has 0 saturated carbocycles. The number of hydrogen-bond donors (Lipinski definition) is 0. The van der Waals surface area contributed by atoms with Crippen LogP contribution in [0.1, 0.15) is 0 Å². The molecule has 8 N–H and O–H groups in total. The Kier molecular flexibility index (Phi) is 159. The van der Waals surface area contributed by atoms with Crippen LogP contribution in [0.4, 0.5) is 0 Å². The summed E-state index contributed by atoms with van der Waals surface area (Å²) in [6.45, 7) is 0. The average molecular weight is 277 g/mol. The van der Waals surface area contributed by atoms with Crippen LogP contribution in [0.2, 0.25) is 0 Å². The predicted octanol–water partition coefficient (Wildman–Crippen LogP) is -1.93. The van der Waals surface area contributed by atoms with Crippen molar-refractivity contribution in [2.45, 2.75) is 0 Å². The van der Waals surface area contributed by atoms with Gasteiger partial charge in [0, 0.05) is 23.3 Å². The van der Waals surface area contributed by atoms with Crippen molar-refractivity contribution in [2.75, 3.05) is 12.5 Å². The molecule has 0 rings (SSSR count). The first-order valence-corrected chi connectivity index (χ1v) is 6.26. The molecule has 11 heavy (non-hydrogen) atoms. The fourth-order valence-electron chi connectivity index (χ4n) is 0. The standard InChI is InChI=1S/C2H6OS.2ClH.Fe.4H2O/c1-4(2)3;;;;;;;/h1-2H3;2*1H;;4*1H2/q;;;+2;;;;/p-2. The van der Waals surface area contributed by atoms with Gasteiger partial charge in [0.2, 0.25) is 0 Å². The summed E-state index contributed by atoms with van der Waals surface area (Å²) in [6, 6.07) is 0. The second-order valence-corrected chi connectivity index (χ2v) is 4.10. The van der Waals surface area contributed by atoms with Crippen molar-refractivity contribution in [3.05, 3.63) is 0 Å². The molecule has 0 fully saturated rings. The summed E-state index contributed by atoms with van der Waals surface area (Å²) >= 11 is 0.194. The topological polar surface area (TPSA) is 143 Å². The molecule has 0 aliphatic rings. The van der Waals surface area contributed by atoms with Crippen molar-refractivity contribution in [1.82, 2.24) is 0 Å². The summed E-state index contributed by atoms with van der Waals surface area (Å²) in [5.41, 5.74) is 0. The first-order chi connectivity index (χ1) is 3.15. The third-order valence-electron chi connectivity index (χ3n) is 0. The molecule has 0 aromatic rings. The van der Waals surface area contributed by atoms with Crippen molar-refractivity contribution in [3.8, 4) is 0 Å². The Morgan fingerprint density at radius 3 is 1.00 bits per heavy atom. The van der Waals surface area contributed by atoms with E-state index in [0.717, 1.165) is 0 Å². The van der Waals surface area contributed by atoms with E-state index in [9.17, 15) is 4.21 Å². The predicted molar refractivity (Wildman–Crippen MR) is 46.2 cm³/mol. The van der Waals surface area contributed by atoms with E-state index in [4.69, 9.17) is 20.2 Å². The third kappa shape index (κ3) is 772. The summed E-state index contributed by atoms with van der Waals surface area (Å²) in [6.07, 6.45) is 3.28. The summed E-state index contributed by atoms with van der Waals surface area (Å²) in [5, 5.41) is 0. The first-order valence-electron chi connectivity index (χ1n) is 1.25. The molecule has 0 aromatic carbocycles. The molecule has 0 aromatic heterocycles. The molecule has 0 bridgehead atoms. The third-order valence-corrected chi connectivity index (χ3v) is 0. The average Bonchev–Trinajstić information content (AvgIpc) is 1.33. The summed E-state index contributed by atoms with van der Waals surface area (Å²) in [5.74, 6) is 0. The van der Waals surface area contributed by atoms with E-state index in [1.54, 1.807) is 12.5 Å². The molecule has 0 heterocycles. The molecule has 0 aliphatic carbocycles. The monoisotopic (exact) mass is 276 g/mol. The zero-order valence-corrected chi connectivity index (χ0v) is 9.36. The molecule has 0 saturated heterocycles. The van der Waals surface area contributed by atoms with Gasteiger partial charge in [-0.15, -0.1) is 0 Å². The minimum atomic E-state index is -0.611. The zero-order chi connectivity index (χ0) is 6.28. The van der Waals surface area contributed by atoms with Crippen LogP contribution in [0.3, 0.4) is 0 Å². The number of hydrogen-bond acceptors (Lipinski definition) is 1. The Hall–Kier alpha value is 1.09. The van der Waals surface area contributed by atoms with Gasteiger partial charge in [0.1, 0.15) is 0 Å². The maximum absolute atomic E-state index is 9.56. The van der Waals surface area contributed by atoms with Crippen LogP contribution in [-0.2, 0) is 23.9 Å². The van der Waals surface area contributed by atoms with Crippen LogP contribution < -0.4 is 0 Å². The summed E-state index contributed by atoms with van der Waals surface area (Å²) in [7, 11) is 8.92. The summed E-state index contributed by atoms with van der Waals surface area (Å²) in [4.78, 5) is 0.